The van der Waals surface area contributed by atoms with Gasteiger partial charge in [-0.25, -0.2) is 0 Å². The molecule has 0 saturated carbocycles. The van der Waals surface area contributed by atoms with Crippen molar-refractivity contribution in [2.24, 2.45) is 0 Å². The van der Waals surface area contributed by atoms with Crippen LogP contribution < -0.4 is 31.1 Å². The third-order valence-corrected chi connectivity index (χ3v) is 27.5. The predicted molar refractivity (Wildman–Crippen MR) is 560 cm³/mol. The summed E-state index contributed by atoms with van der Waals surface area (Å²) in [4.78, 5) is 8.00. The molecule has 4 nitrogen and oxygen atoms in total. The van der Waals surface area contributed by atoms with Crippen molar-refractivity contribution in [2.75, 3.05) is 14.7 Å². The first kappa shape index (κ1) is 78.4. The average Bonchev–Trinajstić information content (AvgIpc) is 0.703. The second kappa shape index (κ2) is 31.5. The highest BCUT2D eigenvalue weighted by Crippen LogP contribution is 2.58. The lowest BCUT2D eigenvalue weighted by Crippen LogP contribution is -2.61. The van der Waals surface area contributed by atoms with Crippen LogP contribution in [0.5, 0.6) is 0 Å². The Bertz CT molecular complexity index is 7910. The van der Waals surface area contributed by atoms with Crippen molar-refractivity contribution >= 4 is 128 Å². The Kier molecular flexibility index (Phi) is 18.8. The van der Waals surface area contributed by atoms with Crippen LogP contribution in [0, 0.1) is 0 Å². The quantitative estimate of drug-likeness (QED) is 0.0751. The Balaban J connectivity index is 0.900. The van der Waals surface area contributed by atoms with E-state index < -0.39 is 6.71 Å². The SMILES string of the molecule is CC(C)(C)c1cc2ccc3cc(C(C)(C)C)cc4c(-c5ccc6c(c5)B5c7ccc(-n8c9ccccc9c9ccccc98)cc7N(c7c(-c8ccccc8)cc(-c8ccccc8)cc7-c7ccccc7)c7cc(N(c8ccc(-c9ccccc9)cc8)c8ccc(-c9ccccc9)cc8)cc(c75)N6c5c(-c6ccccc6)cc(-c6ccccc6)cc5-c5ccccc5)cc(c1)c2c34. The van der Waals surface area contributed by atoms with Gasteiger partial charge in [-0.3, -0.25) is 0 Å². The van der Waals surface area contributed by atoms with Crippen LogP contribution in [-0.2, 0) is 10.8 Å². The number of fused-ring (bicyclic) bond motifs is 7. The highest BCUT2D eigenvalue weighted by molar-refractivity contribution is 7.00. The van der Waals surface area contributed by atoms with Crippen LogP contribution in [0.1, 0.15) is 52.7 Å². The molecule has 0 atom stereocenters. The van der Waals surface area contributed by atoms with E-state index in [2.05, 4.69) is 516 Å². The van der Waals surface area contributed by atoms with Gasteiger partial charge in [0.1, 0.15) is 0 Å². The molecule has 620 valence electrons. The van der Waals surface area contributed by atoms with E-state index in [4.69, 9.17) is 0 Å². The zero-order chi connectivity index (χ0) is 87.7. The molecular formula is C126H93BN4. The van der Waals surface area contributed by atoms with E-state index >= 15 is 0 Å². The number of nitrogens with zero attached hydrogens (tertiary/aromatic N) is 4. The van der Waals surface area contributed by atoms with Gasteiger partial charge in [-0.1, -0.05) is 393 Å². The van der Waals surface area contributed by atoms with Crippen LogP contribution >= 0.6 is 0 Å². The maximum Gasteiger partial charge on any atom is 0.252 e. The Morgan fingerprint density at radius 2 is 0.580 bits per heavy atom. The molecule has 0 radical (unpaired) electrons. The molecule has 0 aliphatic carbocycles. The molecule has 22 aromatic rings. The summed E-state index contributed by atoms with van der Waals surface area (Å²) in [7, 11) is 0. The molecule has 131 heavy (non-hydrogen) atoms. The highest BCUT2D eigenvalue weighted by Gasteiger charge is 2.47. The van der Waals surface area contributed by atoms with E-state index in [9.17, 15) is 0 Å². The third kappa shape index (κ3) is 13.5. The Labute approximate surface area is 766 Å². The van der Waals surface area contributed by atoms with Crippen LogP contribution in [-0.4, -0.2) is 11.3 Å². The minimum Gasteiger partial charge on any atom is -0.310 e. The fourth-order valence-electron chi connectivity index (χ4n) is 21.1. The highest BCUT2D eigenvalue weighted by atomic mass is 15.2. The van der Waals surface area contributed by atoms with E-state index in [1.54, 1.807) is 0 Å². The lowest BCUT2D eigenvalue weighted by molar-refractivity contribution is 0.591. The van der Waals surface area contributed by atoms with Crippen LogP contribution in [0.2, 0.25) is 0 Å². The second-order valence-electron chi connectivity index (χ2n) is 37.5. The summed E-state index contributed by atoms with van der Waals surface area (Å²) in [6, 6.07) is 172. The van der Waals surface area contributed by atoms with Gasteiger partial charge < -0.3 is 19.3 Å². The van der Waals surface area contributed by atoms with Crippen LogP contribution in [0.15, 0.2) is 455 Å². The Morgan fingerprint density at radius 3 is 1.01 bits per heavy atom. The molecule has 0 saturated heterocycles. The van der Waals surface area contributed by atoms with E-state index in [1.165, 1.54) is 76.2 Å². The number of rotatable bonds is 15. The minimum atomic E-state index is -0.413. The zero-order valence-corrected chi connectivity index (χ0v) is 74.2. The third-order valence-electron chi connectivity index (χ3n) is 27.5. The average molecular weight is 1670 g/mol. The van der Waals surface area contributed by atoms with Gasteiger partial charge in [0.15, 0.2) is 0 Å². The number of para-hydroxylation sites is 2. The number of anilines is 9. The van der Waals surface area contributed by atoms with Crippen LogP contribution in [0.25, 0.3) is 160 Å². The first-order chi connectivity index (χ1) is 64.2. The summed E-state index contributed by atoms with van der Waals surface area (Å²) in [6.45, 7) is 13.7. The van der Waals surface area contributed by atoms with Crippen LogP contribution in [0.3, 0.4) is 0 Å². The van der Waals surface area contributed by atoms with Crippen molar-refractivity contribution in [3.05, 3.63) is 466 Å². The van der Waals surface area contributed by atoms with Gasteiger partial charge in [0.05, 0.1) is 28.1 Å². The minimum absolute atomic E-state index is 0.116. The standard InChI is InChI=1S/C126H93BN4/c1-125(2,3)98-69-93-55-56-94-70-99(126(4,5)6)78-111-106(76-97(71-98)120(93)121(94)111)92-61-68-116-113(77-92)127-112-67-66-102(129-114-53-33-31-51-104(114)105-52-32-34-54-115(105)129)79-117(112)131(124-109(90-47-27-13-28-48-90)74-96(85-41-21-10-22-42-85)75-110(124)91-49-29-14-30-50-91)119-81-103(128(100-62-57-86(58-63-100)82-35-15-7-16-36-82)101-64-59-87(60-65-101)83-37-17-8-18-38-83)80-118(122(119)127)130(116)123-107(88-43-23-11-24-44-88)72-95(84-39-19-9-20-40-84)73-108(123)89-45-25-12-26-46-89/h7-81H,1-6H3. The normalized spacial score (nSPS) is 12.5. The molecular weight excluding hydrogens is 1580 g/mol. The summed E-state index contributed by atoms with van der Waals surface area (Å²) in [5.41, 5.74) is 38.7. The number of hydrogen-bond donors (Lipinski definition) is 0. The van der Waals surface area contributed by atoms with E-state index in [-0.39, 0.29) is 10.8 Å². The smallest absolute Gasteiger partial charge is 0.252 e. The molecule has 0 unspecified atom stereocenters. The van der Waals surface area contributed by atoms with Gasteiger partial charge in [-0.2, -0.15) is 0 Å². The molecule has 0 N–H and O–H groups in total. The van der Waals surface area contributed by atoms with E-state index in [1.807, 2.05) is 0 Å². The summed E-state index contributed by atoms with van der Waals surface area (Å²) in [5.74, 6) is 0. The summed E-state index contributed by atoms with van der Waals surface area (Å²) in [6.07, 6.45) is 0. The van der Waals surface area contributed by atoms with Crippen molar-refractivity contribution in [1.82, 2.24) is 4.57 Å². The maximum absolute atomic E-state index is 2.74. The monoisotopic (exact) mass is 1670 g/mol. The first-order valence-corrected chi connectivity index (χ1v) is 45.9. The van der Waals surface area contributed by atoms with Crippen LogP contribution in [0.4, 0.5) is 51.2 Å². The molecule has 3 heterocycles. The number of aromatic nitrogens is 1. The van der Waals surface area contributed by atoms with Gasteiger partial charge in [-0.15, -0.1) is 0 Å². The van der Waals surface area contributed by atoms with E-state index in [0.717, 1.165) is 162 Å². The second-order valence-corrected chi connectivity index (χ2v) is 37.5. The van der Waals surface area contributed by atoms with Gasteiger partial charge in [0.2, 0.25) is 0 Å². The number of hydrogen-bond acceptors (Lipinski definition) is 3. The Morgan fingerprint density at radius 1 is 0.221 bits per heavy atom. The summed E-state index contributed by atoms with van der Waals surface area (Å²) >= 11 is 0. The molecule has 2 aliphatic rings. The van der Waals surface area contributed by atoms with Crippen molar-refractivity contribution < 1.29 is 0 Å². The fraction of sp³-hybridized carbons (Fsp3) is 0.0635. The topological polar surface area (TPSA) is 14.7 Å². The molecule has 0 bridgehead atoms. The molecule has 2 aliphatic heterocycles. The van der Waals surface area contributed by atoms with Gasteiger partial charge in [-0.05, 0) is 252 Å². The maximum atomic E-state index is 2.74. The lowest BCUT2D eigenvalue weighted by Gasteiger charge is -2.46. The molecule has 0 fully saturated rings. The van der Waals surface area contributed by atoms with E-state index in [0.29, 0.717) is 0 Å². The molecule has 0 spiro atoms. The van der Waals surface area contributed by atoms with Crippen molar-refractivity contribution in [3.8, 4) is 106 Å². The summed E-state index contributed by atoms with van der Waals surface area (Å²) in [5, 5.41) is 10.0. The number of benzene rings is 21. The van der Waals surface area contributed by atoms with Crippen molar-refractivity contribution in [3.63, 3.8) is 0 Å². The van der Waals surface area contributed by atoms with Gasteiger partial charge in [0, 0.05) is 72.8 Å². The Hall–Kier alpha value is -16.1. The molecule has 5 heteroatoms. The molecule has 0 amide bonds. The summed E-state index contributed by atoms with van der Waals surface area (Å²) < 4.78 is 2.52. The fourth-order valence-corrected chi connectivity index (χ4v) is 21.1. The zero-order valence-electron chi connectivity index (χ0n) is 74.2. The largest absolute Gasteiger partial charge is 0.310 e. The lowest BCUT2D eigenvalue weighted by atomic mass is 9.33. The van der Waals surface area contributed by atoms with Gasteiger partial charge in [0.25, 0.3) is 6.71 Å². The predicted octanol–water partition coefficient (Wildman–Crippen LogP) is 32.8. The first-order valence-electron chi connectivity index (χ1n) is 45.9. The van der Waals surface area contributed by atoms with Gasteiger partial charge >= 0.3 is 0 Å². The molecule has 21 aromatic carbocycles. The van der Waals surface area contributed by atoms with Crippen molar-refractivity contribution in [1.29, 1.82) is 0 Å². The molecule has 24 rings (SSSR count). The van der Waals surface area contributed by atoms with Crippen molar-refractivity contribution in [2.45, 2.75) is 52.4 Å². The molecule has 1 aromatic heterocycles.